The smallest absolute Gasteiger partial charge is 0.143 e. The van der Waals surface area contributed by atoms with Crippen molar-refractivity contribution in [3.05, 3.63) is 59.4 Å². The van der Waals surface area contributed by atoms with Crippen LogP contribution >= 0.6 is 0 Å². The molecule has 4 heteroatoms. The highest BCUT2D eigenvalue weighted by molar-refractivity contribution is 5.61. The van der Waals surface area contributed by atoms with Crippen LogP contribution in [0.3, 0.4) is 0 Å². The summed E-state index contributed by atoms with van der Waals surface area (Å²) in [5.41, 5.74) is 8.30. The Balaban J connectivity index is 2.44. The maximum absolute atomic E-state index is 13.8. The van der Waals surface area contributed by atoms with E-state index in [1.54, 1.807) is 12.1 Å². The van der Waals surface area contributed by atoms with Crippen molar-refractivity contribution in [1.29, 1.82) is 5.26 Å². The highest BCUT2D eigenvalue weighted by Gasteiger charge is 2.18. The van der Waals surface area contributed by atoms with E-state index in [4.69, 9.17) is 5.73 Å². The van der Waals surface area contributed by atoms with Crippen molar-refractivity contribution in [2.75, 3.05) is 10.6 Å². The summed E-state index contributed by atoms with van der Waals surface area (Å²) in [6.45, 7) is 4.54. The molecular formula is C17H18FN3. The van der Waals surface area contributed by atoms with Crippen LogP contribution in [0.15, 0.2) is 42.5 Å². The molecule has 0 atom stereocenters. The van der Waals surface area contributed by atoms with E-state index in [-0.39, 0.29) is 11.6 Å². The number of hydrogen-bond donors (Lipinski definition) is 1. The van der Waals surface area contributed by atoms with Crippen LogP contribution in [0.1, 0.15) is 25.0 Å². The molecule has 0 unspecified atom stereocenters. The van der Waals surface area contributed by atoms with Gasteiger partial charge in [-0.3, -0.25) is 0 Å². The van der Waals surface area contributed by atoms with E-state index >= 15 is 0 Å². The van der Waals surface area contributed by atoms with Gasteiger partial charge < -0.3 is 10.6 Å². The molecule has 3 nitrogen and oxygen atoms in total. The van der Waals surface area contributed by atoms with Gasteiger partial charge in [-0.2, -0.15) is 5.26 Å². The molecule has 0 bridgehead atoms. The van der Waals surface area contributed by atoms with Crippen LogP contribution in [0, 0.1) is 17.1 Å². The summed E-state index contributed by atoms with van der Waals surface area (Å²) >= 11 is 0. The molecule has 108 valence electrons. The lowest BCUT2D eigenvalue weighted by Gasteiger charge is -2.30. The number of nitriles is 1. The average molecular weight is 283 g/mol. The van der Waals surface area contributed by atoms with Crippen LogP contribution in [-0.4, -0.2) is 6.04 Å². The molecule has 21 heavy (non-hydrogen) atoms. The number of benzene rings is 2. The van der Waals surface area contributed by atoms with Crippen LogP contribution in [0.2, 0.25) is 0 Å². The first-order valence-corrected chi connectivity index (χ1v) is 6.83. The van der Waals surface area contributed by atoms with Gasteiger partial charge in [0.15, 0.2) is 0 Å². The summed E-state index contributed by atoms with van der Waals surface area (Å²) in [5.74, 6) is -0.498. The normalized spacial score (nSPS) is 10.4. The number of anilines is 2. The molecule has 2 aromatic carbocycles. The van der Waals surface area contributed by atoms with E-state index in [1.165, 1.54) is 6.07 Å². The second kappa shape index (κ2) is 6.27. The van der Waals surface area contributed by atoms with Gasteiger partial charge in [0.2, 0.25) is 0 Å². The Labute approximate surface area is 124 Å². The Morgan fingerprint density at radius 2 is 1.90 bits per heavy atom. The van der Waals surface area contributed by atoms with E-state index < -0.39 is 5.82 Å². The molecule has 2 N–H and O–H groups in total. The van der Waals surface area contributed by atoms with E-state index in [0.29, 0.717) is 17.9 Å². The summed E-state index contributed by atoms with van der Waals surface area (Å²) in [6.07, 6.45) is 0. The minimum atomic E-state index is -0.498. The van der Waals surface area contributed by atoms with Gasteiger partial charge in [0.25, 0.3) is 0 Å². The molecule has 0 fully saturated rings. The zero-order chi connectivity index (χ0) is 15.4. The molecule has 0 aliphatic rings. The molecule has 0 saturated heterocycles. The lowest BCUT2D eigenvalue weighted by molar-refractivity contribution is 0.618. The second-order valence-electron chi connectivity index (χ2n) is 5.17. The van der Waals surface area contributed by atoms with E-state index in [2.05, 4.69) is 0 Å². The molecule has 2 rings (SSSR count). The molecule has 0 aliphatic carbocycles. The van der Waals surface area contributed by atoms with Crippen molar-refractivity contribution < 1.29 is 4.39 Å². The maximum atomic E-state index is 13.8. The quantitative estimate of drug-likeness (QED) is 0.871. The minimum Gasteiger partial charge on any atom is -0.398 e. The van der Waals surface area contributed by atoms with Crippen molar-refractivity contribution in [2.45, 2.75) is 26.4 Å². The number of nitrogens with zero attached hydrogens (tertiary/aromatic N) is 2. The topological polar surface area (TPSA) is 53.0 Å². The Bertz CT molecular complexity index is 674. The predicted molar refractivity (Wildman–Crippen MR) is 83.3 cm³/mol. The number of halogens is 1. The van der Waals surface area contributed by atoms with Gasteiger partial charge in [-0.1, -0.05) is 24.3 Å². The molecule has 0 heterocycles. The Morgan fingerprint density at radius 1 is 1.19 bits per heavy atom. The lowest BCUT2D eigenvalue weighted by atomic mass is 10.1. The van der Waals surface area contributed by atoms with Crippen molar-refractivity contribution >= 4 is 11.4 Å². The van der Waals surface area contributed by atoms with Crippen molar-refractivity contribution in [3.63, 3.8) is 0 Å². The van der Waals surface area contributed by atoms with Gasteiger partial charge in [-0.05, 0) is 37.6 Å². The van der Waals surface area contributed by atoms with E-state index in [1.807, 2.05) is 49.1 Å². The monoisotopic (exact) mass is 283 g/mol. The molecule has 0 aliphatic heterocycles. The number of rotatable bonds is 4. The van der Waals surface area contributed by atoms with Crippen LogP contribution in [-0.2, 0) is 6.54 Å². The van der Waals surface area contributed by atoms with Crippen LogP contribution < -0.4 is 10.6 Å². The highest BCUT2D eigenvalue weighted by Crippen LogP contribution is 2.27. The van der Waals surface area contributed by atoms with Gasteiger partial charge in [-0.15, -0.1) is 0 Å². The van der Waals surface area contributed by atoms with Gasteiger partial charge in [0, 0.05) is 18.3 Å². The fraction of sp³-hybridized carbons (Fsp3) is 0.235. The zero-order valence-corrected chi connectivity index (χ0v) is 12.2. The predicted octanol–water partition coefficient (Wildman–Crippen LogP) is 3.69. The fourth-order valence-electron chi connectivity index (χ4n) is 2.27. The number of hydrogen-bond acceptors (Lipinski definition) is 3. The summed E-state index contributed by atoms with van der Waals surface area (Å²) < 4.78 is 13.8. The molecule has 0 spiro atoms. The third kappa shape index (κ3) is 3.14. The molecule has 2 aromatic rings. The summed E-state index contributed by atoms with van der Waals surface area (Å²) in [6, 6.07) is 14.3. The molecule has 0 radical (unpaired) electrons. The van der Waals surface area contributed by atoms with E-state index in [0.717, 1.165) is 5.56 Å². The Morgan fingerprint density at radius 3 is 2.52 bits per heavy atom. The molecule has 0 amide bonds. The van der Waals surface area contributed by atoms with Crippen molar-refractivity contribution in [1.82, 2.24) is 0 Å². The largest absolute Gasteiger partial charge is 0.398 e. The van der Waals surface area contributed by atoms with E-state index in [9.17, 15) is 9.65 Å². The summed E-state index contributed by atoms with van der Waals surface area (Å²) in [5, 5.41) is 9.21. The zero-order valence-electron chi connectivity index (χ0n) is 12.2. The molecule has 0 aromatic heterocycles. The molecule has 0 saturated carbocycles. The first kappa shape index (κ1) is 14.9. The number of para-hydroxylation sites is 1. The summed E-state index contributed by atoms with van der Waals surface area (Å²) in [4.78, 5) is 1.98. The summed E-state index contributed by atoms with van der Waals surface area (Å²) in [7, 11) is 0. The number of nitrogens with two attached hydrogens (primary N) is 1. The van der Waals surface area contributed by atoms with Gasteiger partial charge >= 0.3 is 0 Å². The fourth-order valence-corrected chi connectivity index (χ4v) is 2.27. The second-order valence-corrected chi connectivity index (χ2v) is 5.17. The Hall–Kier alpha value is -2.54. The van der Waals surface area contributed by atoms with Gasteiger partial charge in [0.1, 0.15) is 17.4 Å². The van der Waals surface area contributed by atoms with Crippen molar-refractivity contribution in [2.24, 2.45) is 0 Å². The standard InChI is InChI=1S/C17H18FN3/c1-12(2)21(11-13-6-3-4-8-16(13)20)17-9-5-7-15(18)14(17)10-19/h3-9,12H,11,20H2,1-2H3. The highest BCUT2D eigenvalue weighted by atomic mass is 19.1. The number of nitrogen functional groups attached to an aromatic ring is 1. The van der Waals surface area contributed by atoms with Gasteiger partial charge in [-0.25, -0.2) is 4.39 Å². The Kier molecular flexibility index (Phi) is 4.44. The SMILES string of the molecule is CC(C)N(Cc1ccccc1N)c1cccc(F)c1C#N. The third-order valence-electron chi connectivity index (χ3n) is 3.43. The minimum absolute atomic E-state index is 0.0701. The lowest BCUT2D eigenvalue weighted by Crippen LogP contribution is -2.31. The average Bonchev–Trinajstić information content (AvgIpc) is 2.46. The van der Waals surface area contributed by atoms with Crippen molar-refractivity contribution in [3.8, 4) is 6.07 Å². The third-order valence-corrected chi connectivity index (χ3v) is 3.43. The van der Waals surface area contributed by atoms with Crippen LogP contribution in [0.5, 0.6) is 0 Å². The van der Waals surface area contributed by atoms with Crippen LogP contribution in [0.4, 0.5) is 15.8 Å². The first-order chi connectivity index (χ1) is 10.0. The van der Waals surface area contributed by atoms with Crippen LogP contribution in [0.25, 0.3) is 0 Å². The van der Waals surface area contributed by atoms with Gasteiger partial charge in [0.05, 0.1) is 5.69 Å². The molecular weight excluding hydrogens is 265 g/mol. The maximum Gasteiger partial charge on any atom is 0.143 e. The first-order valence-electron chi connectivity index (χ1n) is 6.83.